The fourth-order valence-electron chi connectivity index (χ4n) is 1.48. The molecule has 0 aromatic heterocycles. The molecule has 0 radical (unpaired) electrons. The predicted octanol–water partition coefficient (Wildman–Crippen LogP) is 2.95. The molecule has 0 fully saturated rings. The molecule has 18 heavy (non-hydrogen) atoms. The van der Waals surface area contributed by atoms with Gasteiger partial charge in [0.15, 0.2) is 0 Å². The third-order valence-electron chi connectivity index (χ3n) is 2.50. The summed E-state index contributed by atoms with van der Waals surface area (Å²) in [6.07, 6.45) is 0.811. The molecule has 0 aliphatic rings. The van der Waals surface area contributed by atoms with Crippen LogP contribution in [0, 0.1) is 11.3 Å². The number of nitriles is 1. The van der Waals surface area contributed by atoms with Gasteiger partial charge in [0.2, 0.25) is 0 Å². The molecule has 0 spiro atoms. The van der Waals surface area contributed by atoms with E-state index in [-0.39, 0.29) is 0 Å². The summed E-state index contributed by atoms with van der Waals surface area (Å²) in [4.78, 5) is 10.5. The Kier molecular flexibility index (Phi) is 3.72. The van der Waals surface area contributed by atoms with Crippen molar-refractivity contribution in [3.63, 3.8) is 0 Å². The summed E-state index contributed by atoms with van der Waals surface area (Å²) >= 11 is 0. The zero-order valence-electron chi connectivity index (χ0n) is 9.67. The normalized spacial score (nSPS) is 9.50. The Morgan fingerprint density at radius 3 is 2.28 bits per heavy atom. The molecule has 0 saturated carbocycles. The van der Waals surface area contributed by atoms with Crippen LogP contribution < -0.4 is 4.74 Å². The van der Waals surface area contributed by atoms with Crippen LogP contribution in [0.5, 0.6) is 5.75 Å². The van der Waals surface area contributed by atoms with Crippen LogP contribution in [0.25, 0.3) is 0 Å². The summed E-state index contributed by atoms with van der Waals surface area (Å²) in [5.41, 5.74) is 2.25. The molecule has 0 aliphatic heterocycles. The number of rotatable bonds is 4. The lowest BCUT2D eigenvalue weighted by molar-refractivity contribution is 0.112. The Bertz CT molecular complexity index is 565. The highest BCUT2D eigenvalue weighted by molar-refractivity contribution is 5.74. The molecule has 0 heterocycles. The molecule has 0 aliphatic carbocycles. The molecule has 0 bridgehead atoms. The van der Waals surface area contributed by atoms with Gasteiger partial charge < -0.3 is 4.74 Å². The van der Waals surface area contributed by atoms with E-state index < -0.39 is 0 Å². The second-order valence-corrected chi connectivity index (χ2v) is 3.78. The quantitative estimate of drug-likeness (QED) is 0.768. The minimum Gasteiger partial charge on any atom is -0.489 e. The van der Waals surface area contributed by atoms with Crippen LogP contribution >= 0.6 is 0 Å². The Labute approximate surface area is 105 Å². The second kappa shape index (κ2) is 5.65. The molecule has 2 aromatic carbocycles. The Balaban J connectivity index is 1.97. The van der Waals surface area contributed by atoms with Gasteiger partial charge in [0.1, 0.15) is 18.6 Å². The van der Waals surface area contributed by atoms with Gasteiger partial charge in [0.25, 0.3) is 0 Å². The molecule has 0 unspecified atom stereocenters. The molecule has 3 heteroatoms. The van der Waals surface area contributed by atoms with Gasteiger partial charge in [-0.25, -0.2) is 0 Å². The van der Waals surface area contributed by atoms with Crippen LogP contribution in [-0.4, -0.2) is 6.29 Å². The zero-order valence-corrected chi connectivity index (χ0v) is 9.67. The maximum atomic E-state index is 10.5. The number of nitrogens with zero attached hydrogens (tertiary/aromatic N) is 1. The van der Waals surface area contributed by atoms with Crippen LogP contribution in [0.4, 0.5) is 0 Å². The lowest BCUT2D eigenvalue weighted by Crippen LogP contribution is -1.95. The first-order chi connectivity index (χ1) is 8.81. The van der Waals surface area contributed by atoms with Crippen LogP contribution in [0.3, 0.4) is 0 Å². The van der Waals surface area contributed by atoms with Crippen molar-refractivity contribution >= 4 is 6.29 Å². The Morgan fingerprint density at radius 2 is 1.72 bits per heavy atom. The van der Waals surface area contributed by atoms with Crippen LogP contribution in [-0.2, 0) is 6.61 Å². The summed E-state index contributed by atoms with van der Waals surface area (Å²) in [7, 11) is 0. The molecule has 0 amide bonds. The summed E-state index contributed by atoms with van der Waals surface area (Å²) < 4.78 is 5.57. The highest BCUT2D eigenvalue weighted by Gasteiger charge is 1.97. The second-order valence-electron chi connectivity index (χ2n) is 3.78. The number of carbonyl (C=O) groups is 1. The maximum absolute atomic E-state index is 10.5. The topological polar surface area (TPSA) is 50.1 Å². The summed E-state index contributed by atoms with van der Waals surface area (Å²) in [5.74, 6) is 0.716. The van der Waals surface area contributed by atoms with E-state index in [4.69, 9.17) is 10.00 Å². The van der Waals surface area contributed by atoms with Crippen molar-refractivity contribution < 1.29 is 9.53 Å². The van der Waals surface area contributed by atoms with Gasteiger partial charge in [-0.15, -0.1) is 0 Å². The zero-order chi connectivity index (χ0) is 12.8. The van der Waals surface area contributed by atoms with E-state index in [1.54, 1.807) is 36.4 Å². The highest BCUT2D eigenvalue weighted by atomic mass is 16.5. The number of hydrogen-bond acceptors (Lipinski definition) is 3. The van der Waals surface area contributed by atoms with Crippen molar-refractivity contribution in [2.24, 2.45) is 0 Å². The van der Waals surface area contributed by atoms with E-state index in [2.05, 4.69) is 6.07 Å². The van der Waals surface area contributed by atoms with Crippen molar-refractivity contribution in [3.05, 3.63) is 65.2 Å². The average Bonchev–Trinajstić information content (AvgIpc) is 2.46. The lowest BCUT2D eigenvalue weighted by atomic mass is 10.1. The minimum atomic E-state index is 0.436. The standard InChI is InChI=1S/C15H11NO2/c16-9-12-5-7-15(8-6-12)18-11-14-3-1-13(10-17)2-4-14/h1-8,10H,11H2. The number of aldehydes is 1. The van der Waals surface area contributed by atoms with Crippen LogP contribution in [0.15, 0.2) is 48.5 Å². The van der Waals surface area contributed by atoms with E-state index in [1.165, 1.54) is 0 Å². The first-order valence-corrected chi connectivity index (χ1v) is 5.49. The lowest BCUT2D eigenvalue weighted by Gasteiger charge is -2.06. The Morgan fingerprint density at radius 1 is 1.06 bits per heavy atom. The van der Waals surface area contributed by atoms with Gasteiger partial charge in [-0.1, -0.05) is 24.3 Å². The van der Waals surface area contributed by atoms with E-state index in [0.29, 0.717) is 23.5 Å². The molecular formula is C15H11NO2. The van der Waals surface area contributed by atoms with E-state index >= 15 is 0 Å². The van der Waals surface area contributed by atoms with Crippen molar-refractivity contribution in [1.82, 2.24) is 0 Å². The first kappa shape index (κ1) is 11.9. The number of carbonyl (C=O) groups excluding carboxylic acids is 1. The van der Waals surface area contributed by atoms with E-state index in [9.17, 15) is 4.79 Å². The van der Waals surface area contributed by atoms with Crippen molar-refractivity contribution in [2.75, 3.05) is 0 Å². The number of hydrogen-bond donors (Lipinski definition) is 0. The molecule has 0 atom stereocenters. The molecule has 0 saturated heterocycles. The summed E-state index contributed by atoms with van der Waals surface area (Å²) in [6, 6.07) is 16.2. The van der Waals surface area contributed by atoms with Gasteiger partial charge in [-0.3, -0.25) is 4.79 Å². The van der Waals surface area contributed by atoms with Crippen molar-refractivity contribution in [3.8, 4) is 11.8 Å². The average molecular weight is 237 g/mol. The fourth-order valence-corrected chi connectivity index (χ4v) is 1.48. The number of ether oxygens (including phenoxy) is 1. The minimum absolute atomic E-state index is 0.436. The maximum Gasteiger partial charge on any atom is 0.150 e. The molecule has 3 nitrogen and oxygen atoms in total. The summed E-state index contributed by atoms with van der Waals surface area (Å²) in [6.45, 7) is 0.436. The fraction of sp³-hybridized carbons (Fsp3) is 0.0667. The molecule has 0 N–H and O–H groups in total. The molecular weight excluding hydrogens is 226 g/mol. The smallest absolute Gasteiger partial charge is 0.150 e. The predicted molar refractivity (Wildman–Crippen MR) is 67.3 cm³/mol. The van der Waals surface area contributed by atoms with Gasteiger partial charge in [-0.2, -0.15) is 5.26 Å². The molecule has 2 rings (SSSR count). The number of benzene rings is 2. The van der Waals surface area contributed by atoms with Crippen molar-refractivity contribution in [1.29, 1.82) is 5.26 Å². The summed E-state index contributed by atoms with van der Waals surface area (Å²) in [5, 5.41) is 8.67. The van der Waals surface area contributed by atoms with Crippen molar-refractivity contribution in [2.45, 2.75) is 6.61 Å². The van der Waals surface area contributed by atoms with Gasteiger partial charge in [0.05, 0.1) is 11.6 Å². The van der Waals surface area contributed by atoms with Gasteiger partial charge >= 0.3 is 0 Å². The third-order valence-corrected chi connectivity index (χ3v) is 2.50. The van der Waals surface area contributed by atoms with Crippen LogP contribution in [0.2, 0.25) is 0 Å². The molecule has 88 valence electrons. The van der Waals surface area contributed by atoms with Crippen LogP contribution in [0.1, 0.15) is 21.5 Å². The Hall–Kier alpha value is -2.60. The van der Waals surface area contributed by atoms with E-state index in [0.717, 1.165) is 11.8 Å². The SMILES string of the molecule is N#Cc1ccc(OCc2ccc(C=O)cc2)cc1. The van der Waals surface area contributed by atoms with E-state index in [1.807, 2.05) is 12.1 Å². The van der Waals surface area contributed by atoms with Gasteiger partial charge in [0, 0.05) is 5.56 Å². The van der Waals surface area contributed by atoms with Gasteiger partial charge in [-0.05, 0) is 29.8 Å². The first-order valence-electron chi connectivity index (χ1n) is 5.49. The monoisotopic (exact) mass is 237 g/mol. The third kappa shape index (κ3) is 2.96. The highest BCUT2D eigenvalue weighted by Crippen LogP contribution is 2.14. The molecule has 2 aromatic rings. The largest absolute Gasteiger partial charge is 0.489 e.